The number of benzene rings is 1. The molecule has 0 radical (unpaired) electrons. The smallest absolute Gasteiger partial charge is 0.255 e. The molecular formula is C18H21N3O6S. The van der Waals surface area contributed by atoms with Gasteiger partial charge in [-0.15, -0.1) is 0 Å². The summed E-state index contributed by atoms with van der Waals surface area (Å²) < 4.78 is 32.4. The number of aromatic nitrogens is 1. The highest BCUT2D eigenvalue weighted by Gasteiger charge is 2.22. The highest BCUT2D eigenvalue weighted by Crippen LogP contribution is 2.27. The molecular weight excluding hydrogens is 386 g/mol. The van der Waals surface area contributed by atoms with E-state index >= 15 is 0 Å². The van der Waals surface area contributed by atoms with Gasteiger partial charge in [0.05, 0.1) is 5.75 Å². The van der Waals surface area contributed by atoms with Crippen molar-refractivity contribution in [1.82, 2.24) is 4.98 Å². The van der Waals surface area contributed by atoms with Crippen LogP contribution in [0.15, 0.2) is 36.5 Å². The highest BCUT2D eigenvalue weighted by molar-refractivity contribution is 7.92. The maximum atomic E-state index is 12.4. The molecule has 10 heteroatoms. The molecule has 9 nitrogen and oxygen atoms in total. The lowest BCUT2D eigenvalue weighted by atomic mass is 10.0. The standard InChI is InChI=1S/C18H21N3O6S/c22-15-2-1-14(10-16(15)23)20-18(24)13-3-6-19-17(9-13)21-28(25,26)11-12-4-7-27-8-5-12/h1-3,6,9-10,12,22-23H,4-5,7-8,11H2,(H,19,21)(H,20,24). The van der Waals surface area contributed by atoms with Crippen molar-refractivity contribution in [2.45, 2.75) is 12.8 Å². The summed E-state index contributed by atoms with van der Waals surface area (Å²) in [7, 11) is -3.61. The van der Waals surface area contributed by atoms with Gasteiger partial charge in [-0.1, -0.05) is 0 Å². The molecule has 0 atom stereocenters. The van der Waals surface area contributed by atoms with Crippen molar-refractivity contribution >= 4 is 27.4 Å². The van der Waals surface area contributed by atoms with E-state index in [9.17, 15) is 23.4 Å². The van der Waals surface area contributed by atoms with E-state index in [0.717, 1.165) is 0 Å². The Morgan fingerprint density at radius 1 is 1.14 bits per heavy atom. The second-order valence-electron chi connectivity index (χ2n) is 6.53. The van der Waals surface area contributed by atoms with Crippen LogP contribution in [0.3, 0.4) is 0 Å². The van der Waals surface area contributed by atoms with Crippen molar-refractivity contribution < 1.29 is 28.2 Å². The molecule has 28 heavy (non-hydrogen) atoms. The van der Waals surface area contributed by atoms with Gasteiger partial charge in [-0.05, 0) is 43.0 Å². The topological polar surface area (TPSA) is 138 Å². The van der Waals surface area contributed by atoms with Crippen LogP contribution in [-0.4, -0.2) is 48.5 Å². The predicted molar refractivity (Wildman–Crippen MR) is 103 cm³/mol. The lowest BCUT2D eigenvalue weighted by molar-refractivity contribution is 0.0724. The Balaban J connectivity index is 1.67. The van der Waals surface area contributed by atoms with Crippen LogP contribution in [0.4, 0.5) is 11.5 Å². The Labute approximate surface area is 162 Å². The fraction of sp³-hybridized carbons (Fsp3) is 0.333. The van der Waals surface area contributed by atoms with E-state index in [0.29, 0.717) is 26.1 Å². The third-order valence-corrected chi connectivity index (χ3v) is 5.74. The lowest BCUT2D eigenvalue weighted by Crippen LogP contribution is -2.27. The van der Waals surface area contributed by atoms with E-state index in [2.05, 4.69) is 15.0 Å². The zero-order chi connectivity index (χ0) is 20.1. The molecule has 0 spiro atoms. The van der Waals surface area contributed by atoms with Crippen molar-refractivity contribution in [1.29, 1.82) is 0 Å². The summed E-state index contributed by atoms with van der Waals surface area (Å²) >= 11 is 0. The minimum Gasteiger partial charge on any atom is -0.504 e. The number of sulfonamides is 1. The summed E-state index contributed by atoms with van der Waals surface area (Å²) in [5, 5.41) is 21.4. The van der Waals surface area contributed by atoms with Crippen molar-refractivity contribution in [2.24, 2.45) is 5.92 Å². The van der Waals surface area contributed by atoms with Crippen molar-refractivity contribution in [3.63, 3.8) is 0 Å². The SMILES string of the molecule is O=C(Nc1ccc(O)c(O)c1)c1ccnc(NS(=O)(=O)CC2CCOCC2)c1. The number of carbonyl (C=O) groups is 1. The minimum atomic E-state index is -3.61. The highest BCUT2D eigenvalue weighted by atomic mass is 32.2. The first kappa shape index (κ1) is 19.9. The number of hydrogen-bond donors (Lipinski definition) is 4. The summed E-state index contributed by atoms with van der Waals surface area (Å²) in [6.07, 6.45) is 2.71. The quantitative estimate of drug-likeness (QED) is 0.424. The number of hydrogen-bond acceptors (Lipinski definition) is 7. The first-order valence-corrected chi connectivity index (χ1v) is 10.4. The largest absolute Gasteiger partial charge is 0.504 e. The molecule has 1 amide bonds. The zero-order valence-electron chi connectivity index (χ0n) is 15.0. The van der Waals surface area contributed by atoms with Crippen LogP contribution in [0, 0.1) is 5.92 Å². The predicted octanol–water partition coefficient (Wildman–Crippen LogP) is 1.91. The maximum absolute atomic E-state index is 12.4. The Bertz CT molecular complexity index is 958. The van der Waals surface area contributed by atoms with Crippen LogP contribution in [-0.2, 0) is 14.8 Å². The number of rotatable bonds is 6. The Morgan fingerprint density at radius 3 is 2.61 bits per heavy atom. The van der Waals surface area contributed by atoms with Crippen molar-refractivity contribution in [3.05, 3.63) is 42.1 Å². The van der Waals surface area contributed by atoms with Crippen molar-refractivity contribution in [3.8, 4) is 11.5 Å². The van der Waals surface area contributed by atoms with Crippen molar-refractivity contribution in [2.75, 3.05) is 29.0 Å². The van der Waals surface area contributed by atoms with Gasteiger partial charge in [0.25, 0.3) is 5.91 Å². The molecule has 0 unspecified atom stereocenters. The molecule has 1 aromatic heterocycles. The van der Waals surface area contributed by atoms with E-state index < -0.39 is 15.9 Å². The van der Waals surface area contributed by atoms with Crippen LogP contribution < -0.4 is 10.0 Å². The van der Waals surface area contributed by atoms with Gasteiger partial charge in [0.1, 0.15) is 5.82 Å². The van der Waals surface area contributed by atoms with E-state index in [1.165, 1.54) is 36.5 Å². The number of anilines is 2. The van der Waals surface area contributed by atoms with Gasteiger partial charge >= 0.3 is 0 Å². The number of carbonyl (C=O) groups excluding carboxylic acids is 1. The van der Waals surface area contributed by atoms with Gasteiger partial charge in [0.2, 0.25) is 10.0 Å². The number of nitrogens with one attached hydrogen (secondary N) is 2. The Morgan fingerprint density at radius 2 is 1.89 bits per heavy atom. The maximum Gasteiger partial charge on any atom is 0.255 e. The first-order valence-electron chi connectivity index (χ1n) is 8.70. The molecule has 2 heterocycles. The van der Waals surface area contributed by atoms with Crippen LogP contribution in [0.5, 0.6) is 11.5 Å². The van der Waals surface area contributed by atoms with E-state index in [4.69, 9.17) is 4.74 Å². The second-order valence-corrected chi connectivity index (χ2v) is 8.29. The summed E-state index contributed by atoms with van der Waals surface area (Å²) in [4.78, 5) is 16.3. The van der Waals surface area contributed by atoms with E-state index in [-0.39, 0.29) is 40.2 Å². The molecule has 0 aliphatic carbocycles. The molecule has 0 bridgehead atoms. The van der Waals surface area contributed by atoms with Gasteiger partial charge in [-0.2, -0.15) is 0 Å². The molecule has 1 aliphatic rings. The van der Waals surface area contributed by atoms with Gasteiger partial charge in [-0.3, -0.25) is 9.52 Å². The number of nitrogens with zero attached hydrogens (tertiary/aromatic N) is 1. The number of phenols is 2. The second kappa shape index (κ2) is 8.44. The molecule has 3 rings (SSSR count). The fourth-order valence-electron chi connectivity index (χ4n) is 2.86. The molecule has 150 valence electrons. The fourth-order valence-corrected chi connectivity index (χ4v) is 4.32. The van der Waals surface area contributed by atoms with Gasteiger partial charge in [0, 0.05) is 36.7 Å². The van der Waals surface area contributed by atoms with Gasteiger partial charge in [-0.25, -0.2) is 13.4 Å². The van der Waals surface area contributed by atoms with Crippen LogP contribution in [0.1, 0.15) is 23.2 Å². The third-order valence-electron chi connectivity index (χ3n) is 4.31. The number of ether oxygens (including phenoxy) is 1. The van der Waals surface area contributed by atoms with E-state index in [1.54, 1.807) is 0 Å². The molecule has 1 aromatic carbocycles. The average Bonchev–Trinajstić information content (AvgIpc) is 2.65. The Kier molecular flexibility index (Phi) is 6.00. The summed E-state index contributed by atoms with van der Waals surface area (Å²) in [6.45, 7) is 1.11. The lowest BCUT2D eigenvalue weighted by Gasteiger charge is -2.21. The summed E-state index contributed by atoms with van der Waals surface area (Å²) in [5.74, 6) is -1.14. The number of aromatic hydroxyl groups is 2. The molecule has 4 N–H and O–H groups in total. The monoisotopic (exact) mass is 407 g/mol. The normalized spacial score (nSPS) is 15.1. The third kappa shape index (κ3) is 5.33. The van der Waals surface area contributed by atoms with Gasteiger partial charge < -0.3 is 20.3 Å². The number of phenolic OH excluding ortho intramolecular Hbond substituents is 2. The molecule has 1 saturated heterocycles. The number of amides is 1. The first-order chi connectivity index (χ1) is 13.3. The summed E-state index contributed by atoms with van der Waals surface area (Å²) in [5.41, 5.74) is 0.463. The van der Waals surface area contributed by atoms with E-state index in [1.807, 2.05) is 0 Å². The minimum absolute atomic E-state index is 0.0265. The van der Waals surface area contributed by atoms with Gasteiger partial charge in [0.15, 0.2) is 11.5 Å². The molecule has 1 aliphatic heterocycles. The Hall–Kier alpha value is -2.85. The average molecular weight is 407 g/mol. The summed E-state index contributed by atoms with van der Waals surface area (Å²) in [6, 6.07) is 6.63. The van der Waals surface area contributed by atoms with Crippen LogP contribution in [0.25, 0.3) is 0 Å². The van der Waals surface area contributed by atoms with Crippen LogP contribution in [0.2, 0.25) is 0 Å². The zero-order valence-corrected chi connectivity index (χ0v) is 15.8. The molecule has 0 saturated carbocycles. The van der Waals surface area contributed by atoms with Crippen LogP contribution >= 0.6 is 0 Å². The molecule has 2 aromatic rings. The molecule has 1 fully saturated rings. The number of pyridine rings is 1.